The summed E-state index contributed by atoms with van der Waals surface area (Å²) in [5, 5.41) is 46.8. The largest absolute Gasteiger partial charge is 0.459 e. The molecule has 4 fully saturated rings. The van der Waals surface area contributed by atoms with Gasteiger partial charge in [0.1, 0.15) is 23.6 Å². The topological polar surface area (TPSA) is 195 Å². The Bertz CT molecular complexity index is 1600. The van der Waals surface area contributed by atoms with Gasteiger partial charge in [-0.3, -0.25) is 9.59 Å². The number of aliphatic imine (C=N–C) groups is 1. The average Bonchev–Trinajstić information content (AvgIpc) is 3.50. The molecule has 0 spiro atoms. The van der Waals surface area contributed by atoms with Gasteiger partial charge in [-0.25, -0.2) is 4.99 Å². The third-order valence-corrected chi connectivity index (χ3v) is 13.2. The molecule has 0 aliphatic carbocycles. The van der Waals surface area contributed by atoms with Gasteiger partial charge in [0.2, 0.25) is 0 Å². The number of methoxy groups -OCH3 is 1. The van der Waals surface area contributed by atoms with Gasteiger partial charge in [0.05, 0.1) is 48.5 Å². The number of carbonyl (C=O) groups excluding carboxylic acids is 2. The van der Waals surface area contributed by atoms with Gasteiger partial charge in [-0.2, -0.15) is 0 Å². The van der Waals surface area contributed by atoms with E-state index in [-0.39, 0.29) is 50.0 Å². The minimum Gasteiger partial charge on any atom is -0.459 e. The summed E-state index contributed by atoms with van der Waals surface area (Å²) in [4.78, 5) is 34.8. The lowest BCUT2D eigenvalue weighted by molar-refractivity contribution is -0.343. The SMILES string of the molecule is CC[C@H]1OC(=O)[C@H](C)[C@@H](O[C@H]2C[C@@](C)(OC)[C@@H](O)[C@H](C)O2)[C@H](C)C[C@@](O)(OC2O[C@H](C)C[C@H]3[C@H]2OC(=NCc2ccccc2)N3C)C[C@@H](C)C(=O)C[C@H](C)[C@@H](O)[C@]1(C)O. The number of fused-ring (bicyclic) bond motifs is 1. The molecule has 0 aromatic heterocycles. The van der Waals surface area contributed by atoms with E-state index in [0.29, 0.717) is 19.0 Å². The number of nitrogens with zero attached hydrogens (tertiary/aromatic N) is 2. The van der Waals surface area contributed by atoms with Crippen LogP contribution in [0.5, 0.6) is 0 Å². The predicted octanol–water partition coefficient (Wildman–Crippen LogP) is 4.10. The number of aliphatic hydroxyl groups excluding tert-OH is 2. The monoisotopic (exact) mass is 834 g/mol. The minimum absolute atomic E-state index is 0.116. The van der Waals surface area contributed by atoms with Crippen molar-refractivity contribution in [3.05, 3.63) is 35.9 Å². The number of carbonyl (C=O) groups is 2. The lowest BCUT2D eigenvalue weighted by Crippen LogP contribution is -2.57. The molecule has 1 aromatic rings. The molecule has 1 aromatic carbocycles. The number of benzene rings is 1. The van der Waals surface area contributed by atoms with Crippen molar-refractivity contribution in [1.82, 2.24) is 4.90 Å². The molecule has 0 bridgehead atoms. The highest BCUT2D eigenvalue weighted by Crippen LogP contribution is 2.41. The van der Waals surface area contributed by atoms with Crippen molar-refractivity contribution in [2.75, 3.05) is 14.2 Å². The number of aliphatic hydroxyl groups is 4. The lowest BCUT2D eigenvalue weighted by atomic mass is 9.80. The molecule has 0 saturated carbocycles. The summed E-state index contributed by atoms with van der Waals surface area (Å²) in [5.74, 6) is -6.15. The van der Waals surface area contributed by atoms with Crippen molar-refractivity contribution in [2.45, 2.75) is 186 Å². The molecule has 4 heterocycles. The molecule has 5 rings (SSSR count). The number of Topliss-reactive ketones (excluding diaryl/α,β-unsaturated/α-hetero) is 1. The zero-order valence-corrected chi connectivity index (χ0v) is 36.8. The van der Waals surface area contributed by atoms with E-state index >= 15 is 0 Å². The van der Waals surface area contributed by atoms with Crippen LogP contribution in [0.25, 0.3) is 0 Å². The highest BCUT2D eigenvalue weighted by Gasteiger charge is 2.53. The summed E-state index contributed by atoms with van der Waals surface area (Å²) in [5.41, 5.74) is -1.92. The Morgan fingerprint density at radius 1 is 0.915 bits per heavy atom. The van der Waals surface area contributed by atoms with Crippen LogP contribution >= 0.6 is 0 Å². The molecular weight excluding hydrogens is 764 g/mol. The molecule has 4 N–H and O–H groups in total. The minimum atomic E-state index is -2.03. The Labute approximate surface area is 349 Å². The van der Waals surface area contributed by atoms with Gasteiger partial charge >= 0.3 is 5.97 Å². The molecule has 17 atom stereocenters. The molecule has 0 radical (unpaired) electrons. The van der Waals surface area contributed by atoms with Crippen LogP contribution in [-0.2, 0) is 49.3 Å². The second-order valence-electron chi connectivity index (χ2n) is 18.2. The normalized spacial score (nSPS) is 44.9. The molecule has 4 aliphatic rings. The van der Waals surface area contributed by atoms with Gasteiger partial charge in [-0.15, -0.1) is 0 Å². The van der Waals surface area contributed by atoms with E-state index in [4.69, 9.17) is 38.2 Å². The van der Waals surface area contributed by atoms with Crippen molar-refractivity contribution in [1.29, 1.82) is 0 Å². The van der Waals surface area contributed by atoms with E-state index in [1.54, 1.807) is 41.5 Å². The molecule has 0 amide bonds. The number of amidine groups is 1. The fraction of sp³-hybridized carbons (Fsp3) is 0.795. The van der Waals surface area contributed by atoms with E-state index in [2.05, 4.69) is 0 Å². The van der Waals surface area contributed by atoms with Crippen molar-refractivity contribution < 1.29 is 63.2 Å². The molecule has 15 heteroatoms. The van der Waals surface area contributed by atoms with Crippen molar-refractivity contribution in [3.8, 4) is 0 Å². The fourth-order valence-corrected chi connectivity index (χ4v) is 9.38. The van der Waals surface area contributed by atoms with Crippen molar-refractivity contribution in [3.63, 3.8) is 0 Å². The third kappa shape index (κ3) is 10.7. The predicted molar refractivity (Wildman–Crippen MR) is 217 cm³/mol. The van der Waals surface area contributed by atoms with Crippen molar-refractivity contribution in [2.24, 2.45) is 28.7 Å². The molecule has 4 saturated heterocycles. The number of hydrogen-bond acceptors (Lipinski definition) is 14. The first-order valence-corrected chi connectivity index (χ1v) is 21.3. The summed E-state index contributed by atoms with van der Waals surface area (Å²) in [7, 11) is 3.41. The number of esters is 1. The van der Waals surface area contributed by atoms with Gasteiger partial charge in [0.15, 0.2) is 24.5 Å². The van der Waals surface area contributed by atoms with Gasteiger partial charge in [-0.05, 0) is 64.9 Å². The Kier molecular flexibility index (Phi) is 15.3. The number of hydrogen-bond donors (Lipinski definition) is 4. The summed E-state index contributed by atoms with van der Waals surface area (Å²) in [6.07, 6.45) is -7.65. The van der Waals surface area contributed by atoms with Crippen LogP contribution in [-0.4, -0.2) is 136 Å². The van der Waals surface area contributed by atoms with E-state index in [1.165, 1.54) is 14.0 Å². The van der Waals surface area contributed by atoms with Gasteiger partial charge < -0.3 is 58.5 Å². The van der Waals surface area contributed by atoms with Crippen LogP contribution in [0.15, 0.2) is 35.3 Å². The van der Waals surface area contributed by atoms with Crippen molar-refractivity contribution >= 4 is 17.8 Å². The van der Waals surface area contributed by atoms with E-state index in [0.717, 1.165) is 5.56 Å². The first-order chi connectivity index (χ1) is 27.6. The Balaban J connectivity index is 1.51. The molecule has 334 valence electrons. The fourth-order valence-electron chi connectivity index (χ4n) is 9.38. The zero-order chi connectivity index (χ0) is 43.6. The Morgan fingerprint density at radius 2 is 1.59 bits per heavy atom. The summed E-state index contributed by atoms with van der Waals surface area (Å²) in [6.45, 7) is 15.7. The third-order valence-electron chi connectivity index (χ3n) is 13.2. The van der Waals surface area contributed by atoms with E-state index in [9.17, 15) is 30.0 Å². The van der Waals surface area contributed by atoms with Crippen LogP contribution in [0, 0.1) is 23.7 Å². The number of cyclic esters (lactones) is 1. The maximum Gasteiger partial charge on any atom is 0.311 e. The molecule has 1 unspecified atom stereocenters. The smallest absolute Gasteiger partial charge is 0.311 e. The maximum atomic E-state index is 14.1. The van der Waals surface area contributed by atoms with Gasteiger partial charge in [-0.1, -0.05) is 58.0 Å². The van der Waals surface area contributed by atoms with Crippen LogP contribution < -0.4 is 0 Å². The quantitative estimate of drug-likeness (QED) is 0.216. The van der Waals surface area contributed by atoms with E-state index in [1.807, 2.05) is 56.1 Å². The first-order valence-electron chi connectivity index (χ1n) is 21.3. The maximum absolute atomic E-state index is 14.1. The molecule has 59 heavy (non-hydrogen) atoms. The molecule has 15 nitrogen and oxygen atoms in total. The van der Waals surface area contributed by atoms with Crippen LogP contribution in [0.2, 0.25) is 0 Å². The second kappa shape index (κ2) is 19.1. The number of ether oxygens (including phenoxy) is 7. The summed E-state index contributed by atoms with van der Waals surface area (Å²) < 4.78 is 44.0. The summed E-state index contributed by atoms with van der Waals surface area (Å²) in [6, 6.07) is 10.1. The number of likely N-dealkylation sites (N-methyl/N-ethyl adjacent to an activating group) is 1. The molecule has 4 aliphatic heterocycles. The Morgan fingerprint density at radius 3 is 2.24 bits per heavy atom. The lowest BCUT2D eigenvalue weighted by Gasteiger charge is -2.46. The average molecular weight is 835 g/mol. The first kappa shape index (κ1) is 47.3. The summed E-state index contributed by atoms with van der Waals surface area (Å²) >= 11 is 0. The van der Waals surface area contributed by atoms with Crippen LogP contribution in [0.3, 0.4) is 0 Å². The van der Waals surface area contributed by atoms with Gasteiger partial charge in [0.25, 0.3) is 6.02 Å². The van der Waals surface area contributed by atoms with Crippen LogP contribution in [0.1, 0.15) is 106 Å². The standard InChI is InChI=1S/C44H70N2O13/c1-12-33-43(9,51)37(48)24(2)18-32(47)25(3)20-44(52,21-26(4)35(28(6)39(50)56-33)57-34-22-42(8,53-11)38(49)29(7)55-34)59-40-36-31(19-27(5)54-40)46(10)41(58-36)45-23-30-16-14-13-15-17-30/h13-17,24-29,31,33-38,40,48-49,51-52H,12,18-23H2,1-11H3/t24-,25+,26+,27+,28+,29-,31-,33+,34-,35-,36+,37+,38-,40?,42+,43+,44-/m0/s1. The number of rotatable bonds is 8. The highest BCUT2D eigenvalue weighted by atomic mass is 16.8. The zero-order valence-electron chi connectivity index (χ0n) is 36.8. The van der Waals surface area contributed by atoms with Crippen LogP contribution in [0.4, 0.5) is 0 Å². The highest BCUT2D eigenvalue weighted by molar-refractivity contribution is 5.81. The second-order valence-corrected chi connectivity index (χ2v) is 18.2. The number of ketones is 1. The van der Waals surface area contributed by atoms with E-state index < -0.39 is 95.8 Å². The molecular formula is C44H70N2O13. The van der Waals surface area contributed by atoms with Gasteiger partial charge in [0, 0.05) is 45.8 Å². The Hall–Kier alpha value is -2.73.